The van der Waals surface area contributed by atoms with Crippen molar-refractivity contribution in [1.29, 1.82) is 0 Å². The normalized spacial score (nSPS) is 54.6. The lowest BCUT2D eigenvalue weighted by molar-refractivity contribution is -0.202. The molecule has 186 valence electrons. The Kier molecular flexibility index (Phi) is 4.61. The fourth-order valence-electron chi connectivity index (χ4n) is 9.27. The summed E-state index contributed by atoms with van der Waals surface area (Å²) in [5, 5.41) is 24.0. The molecule has 6 aliphatic rings. The lowest BCUT2D eigenvalue weighted by Crippen LogP contribution is -2.68. The Morgan fingerprint density at radius 3 is 2.50 bits per heavy atom. The molecule has 0 radical (unpaired) electrons. The van der Waals surface area contributed by atoms with Gasteiger partial charge in [-0.05, 0) is 82.1 Å². The zero-order valence-corrected chi connectivity index (χ0v) is 21.0. The van der Waals surface area contributed by atoms with Crippen LogP contribution in [0.3, 0.4) is 0 Å². The second-order valence-corrected chi connectivity index (χ2v) is 12.7. The summed E-state index contributed by atoms with van der Waals surface area (Å²) in [6, 6.07) is 0. The average Bonchev–Trinajstić information content (AvgIpc) is 3.55. The number of hydrogen-bond donors (Lipinski definition) is 2. The Morgan fingerprint density at radius 2 is 1.79 bits per heavy atom. The maximum Gasteiger partial charge on any atom is 0.333 e. The van der Waals surface area contributed by atoms with E-state index in [9.17, 15) is 19.8 Å². The highest BCUT2D eigenvalue weighted by atomic mass is 16.6. The van der Waals surface area contributed by atoms with Crippen molar-refractivity contribution < 1.29 is 29.3 Å². The summed E-state index contributed by atoms with van der Waals surface area (Å²) in [5.74, 6) is -0.0746. The Hall–Kier alpha value is -1.50. The third kappa shape index (κ3) is 2.48. The molecule has 0 amide bonds. The van der Waals surface area contributed by atoms with Gasteiger partial charge in [0.1, 0.15) is 17.8 Å². The van der Waals surface area contributed by atoms with E-state index in [1.165, 1.54) is 0 Å². The summed E-state index contributed by atoms with van der Waals surface area (Å²) in [7, 11) is 0. The van der Waals surface area contributed by atoms with Crippen molar-refractivity contribution in [1.82, 2.24) is 0 Å². The molecule has 1 saturated heterocycles. The number of esters is 1. The van der Waals surface area contributed by atoms with Crippen molar-refractivity contribution in [2.24, 2.45) is 34.5 Å². The molecular formula is C28H38O6. The van der Waals surface area contributed by atoms with Crippen LogP contribution in [0.5, 0.6) is 0 Å². The smallest absolute Gasteiger partial charge is 0.333 e. The number of allylic oxidation sites excluding steroid dienone is 1. The zero-order valence-electron chi connectivity index (χ0n) is 21.0. The molecule has 6 rings (SSSR count). The number of ketones is 1. The highest BCUT2D eigenvalue weighted by molar-refractivity contribution is 5.97. The molecule has 0 bridgehead atoms. The first-order valence-electron chi connectivity index (χ1n) is 13.1. The van der Waals surface area contributed by atoms with Crippen LogP contribution in [-0.4, -0.2) is 51.5 Å². The fraction of sp³-hybridized carbons (Fsp3) is 0.786. The van der Waals surface area contributed by atoms with Crippen LogP contribution in [0, 0.1) is 34.5 Å². The molecule has 6 nitrogen and oxygen atoms in total. The van der Waals surface area contributed by atoms with Crippen LogP contribution in [-0.2, 0) is 19.1 Å². The Bertz CT molecular complexity index is 1030. The van der Waals surface area contributed by atoms with Gasteiger partial charge < -0.3 is 19.7 Å². The summed E-state index contributed by atoms with van der Waals surface area (Å²) < 4.78 is 12.0. The standard InChI is InChI=1S/C28H38O6/c1-14-13-19(33-24(30)15(14)2)16(3)27(31)12-9-17-21-18(8-11-25(17,27)4)26(5)20(29)7-6-10-28(26,32)23-22(21)34-23/h6-7,16-19,21-23,31-32H,8-13H2,1-5H3/t16?,17?,18?,19?,21?,22?,23?,25-,26-,27-,28-/m0/s1. The van der Waals surface area contributed by atoms with Crippen molar-refractivity contribution >= 4 is 11.8 Å². The maximum atomic E-state index is 13.3. The average molecular weight is 471 g/mol. The van der Waals surface area contributed by atoms with Gasteiger partial charge in [-0.25, -0.2) is 4.79 Å². The largest absolute Gasteiger partial charge is 0.458 e. The minimum absolute atomic E-state index is 0.0159. The van der Waals surface area contributed by atoms with E-state index in [1.807, 2.05) is 20.8 Å². The van der Waals surface area contributed by atoms with Crippen LogP contribution in [0.15, 0.2) is 23.3 Å². The van der Waals surface area contributed by atoms with Gasteiger partial charge in [0.25, 0.3) is 0 Å². The third-order valence-electron chi connectivity index (χ3n) is 11.8. The summed E-state index contributed by atoms with van der Waals surface area (Å²) >= 11 is 0. The molecule has 0 spiro atoms. The summed E-state index contributed by atoms with van der Waals surface area (Å²) in [6.07, 6.45) is 6.96. The van der Waals surface area contributed by atoms with Gasteiger partial charge in [-0.2, -0.15) is 0 Å². The van der Waals surface area contributed by atoms with Gasteiger partial charge >= 0.3 is 5.97 Å². The summed E-state index contributed by atoms with van der Waals surface area (Å²) in [4.78, 5) is 25.7. The van der Waals surface area contributed by atoms with Gasteiger partial charge in [0.2, 0.25) is 0 Å². The summed E-state index contributed by atoms with van der Waals surface area (Å²) in [6.45, 7) is 9.99. The van der Waals surface area contributed by atoms with Crippen LogP contribution >= 0.6 is 0 Å². The lowest BCUT2D eigenvalue weighted by Gasteiger charge is -2.61. The molecule has 2 N–H and O–H groups in total. The second-order valence-electron chi connectivity index (χ2n) is 12.7. The molecule has 2 heterocycles. The Balaban J connectivity index is 1.34. The van der Waals surface area contributed by atoms with Crippen molar-refractivity contribution in [3.63, 3.8) is 0 Å². The Morgan fingerprint density at radius 1 is 1.09 bits per heavy atom. The van der Waals surface area contributed by atoms with Crippen molar-refractivity contribution in [2.45, 2.75) is 103 Å². The topological polar surface area (TPSA) is 96.4 Å². The number of rotatable bonds is 2. The Labute approximate surface area is 201 Å². The van der Waals surface area contributed by atoms with Crippen molar-refractivity contribution in [3.05, 3.63) is 23.3 Å². The number of cyclic esters (lactones) is 1. The highest BCUT2D eigenvalue weighted by Crippen LogP contribution is 2.72. The quantitative estimate of drug-likeness (QED) is 0.474. The van der Waals surface area contributed by atoms with E-state index in [0.29, 0.717) is 24.8 Å². The number of epoxide rings is 1. The molecule has 0 aromatic carbocycles. The van der Waals surface area contributed by atoms with E-state index in [-0.39, 0.29) is 59.2 Å². The third-order valence-corrected chi connectivity index (χ3v) is 11.8. The summed E-state index contributed by atoms with van der Waals surface area (Å²) in [5.41, 5.74) is -1.60. The van der Waals surface area contributed by atoms with Gasteiger partial charge in [0.05, 0.1) is 17.1 Å². The number of ether oxygens (including phenoxy) is 2. The first-order chi connectivity index (χ1) is 15.9. The van der Waals surface area contributed by atoms with Gasteiger partial charge in [-0.1, -0.05) is 25.5 Å². The lowest BCUT2D eigenvalue weighted by atomic mass is 9.43. The van der Waals surface area contributed by atoms with Gasteiger partial charge in [-0.15, -0.1) is 0 Å². The number of fused-ring (bicyclic) bond motifs is 8. The molecule has 4 fully saturated rings. The monoisotopic (exact) mass is 470 g/mol. The van der Waals surface area contributed by atoms with Gasteiger partial charge in [-0.3, -0.25) is 4.79 Å². The fourth-order valence-corrected chi connectivity index (χ4v) is 9.27. The van der Waals surface area contributed by atoms with Crippen LogP contribution in [0.4, 0.5) is 0 Å². The molecule has 0 aromatic heterocycles. The predicted octanol–water partition coefficient (Wildman–Crippen LogP) is 3.50. The molecule has 4 aliphatic carbocycles. The van der Waals surface area contributed by atoms with E-state index in [0.717, 1.165) is 24.8 Å². The SMILES string of the molecule is CC1=C(C)C(=O)OC(C(C)[C@@]2(O)CCC3C4C5OC5[C@@]5(O)CC=CC(=O)[C@]5(C)C4CC[C@@]32C)C1. The molecule has 34 heavy (non-hydrogen) atoms. The van der Waals surface area contributed by atoms with E-state index in [2.05, 4.69) is 6.92 Å². The number of carbonyl (C=O) groups is 2. The molecular weight excluding hydrogens is 432 g/mol. The molecule has 2 aliphatic heterocycles. The van der Waals surface area contributed by atoms with Gasteiger partial charge in [0.15, 0.2) is 5.78 Å². The zero-order chi connectivity index (χ0) is 24.4. The number of aliphatic hydroxyl groups is 2. The van der Waals surface area contributed by atoms with Crippen molar-refractivity contribution in [3.8, 4) is 0 Å². The molecule has 0 aromatic rings. The maximum absolute atomic E-state index is 13.3. The number of hydrogen-bond acceptors (Lipinski definition) is 6. The van der Waals surface area contributed by atoms with Crippen LogP contribution in [0.25, 0.3) is 0 Å². The molecule has 11 atom stereocenters. The van der Waals surface area contributed by atoms with E-state index >= 15 is 0 Å². The van der Waals surface area contributed by atoms with E-state index in [4.69, 9.17) is 9.47 Å². The molecule has 6 heteroatoms. The van der Waals surface area contributed by atoms with Crippen LogP contribution < -0.4 is 0 Å². The van der Waals surface area contributed by atoms with Crippen LogP contribution in [0.1, 0.15) is 73.1 Å². The van der Waals surface area contributed by atoms with E-state index < -0.39 is 16.6 Å². The first kappa shape index (κ1) is 22.9. The highest BCUT2D eigenvalue weighted by Gasteiger charge is 2.78. The van der Waals surface area contributed by atoms with Gasteiger partial charge in [0, 0.05) is 17.9 Å². The second kappa shape index (κ2) is 6.83. The predicted molar refractivity (Wildman–Crippen MR) is 125 cm³/mol. The molecule has 3 saturated carbocycles. The van der Waals surface area contributed by atoms with Crippen molar-refractivity contribution in [2.75, 3.05) is 0 Å². The van der Waals surface area contributed by atoms with E-state index in [1.54, 1.807) is 19.1 Å². The minimum atomic E-state index is -1.14. The first-order valence-corrected chi connectivity index (χ1v) is 13.1. The minimum Gasteiger partial charge on any atom is -0.458 e. The number of carbonyl (C=O) groups excluding carboxylic acids is 2. The molecule has 7 unspecified atom stereocenters. The van der Waals surface area contributed by atoms with Crippen LogP contribution in [0.2, 0.25) is 0 Å².